The molecule has 0 unspecified atom stereocenters. The summed E-state index contributed by atoms with van der Waals surface area (Å²) < 4.78 is 13.3. The van der Waals surface area contributed by atoms with E-state index in [-0.39, 0.29) is 32.9 Å². The van der Waals surface area contributed by atoms with Crippen LogP contribution < -0.4 is 0 Å². The fourth-order valence-electron chi connectivity index (χ4n) is 4.66. The first-order valence-electron chi connectivity index (χ1n) is 8.68. The van der Waals surface area contributed by atoms with E-state index in [1.807, 2.05) is 0 Å². The molecule has 129 valence electrons. The van der Waals surface area contributed by atoms with Crippen molar-refractivity contribution in [1.82, 2.24) is 0 Å². The summed E-state index contributed by atoms with van der Waals surface area (Å²) in [5.74, 6) is 0. The smallest absolute Gasteiger partial charge is 0.387 e. The van der Waals surface area contributed by atoms with Gasteiger partial charge in [0.15, 0.2) is 0 Å². The van der Waals surface area contributed by atoms with Crippen LogP contribution in [0.25, 0.3) is 0 Å². The van der Waals surface area contributed by atoms with E-state index in [0.29, 0.717) is 5.54 Å². The van der Waals surface area contributed by atoms with E-state index in [4.69, 9.17) is 8.85 Å². The van der Waals surface area contributed by atoms with E-state index in [9.17, 15) is 0 Å². The zero-order chi connectivity index (χ0) is 17.6. The molecule has 2 rings (SSSR count). The standard InChI is InChI=1S/C19H37O2Si/c1-14(2)13-15(3,4)17(7,8)19(11,12)21-22(13)20-18(9,10)16(14,5)6/h13H,1-12H3. The van der Waals surface area contributed by atoms with Gasteiger partial charge in [-0.1, -0.05) is 55.4 Å². The summed E-state index contributed by atoms with van der Waals surface area (Å²) in [6.45, 7) is 28.2. The lowest BCUT2D eigenvalue weighted by molar-refractivity contribution is -0.219. The average molecular weight is 326 g/mol. The molecule has 0 amide bonds. The number of fused-ring (bicyclic) bond motifs is 1. The molecular formula is C19H37O2Si. The molecule has 0 aliphatic carbocycles. The minimum Gasteiger partial charge on any atom is -0.387 e. The monoisotopic (exact) mass is 325 g/mol. The van der Waals surface area contributed by atoms with Crippen molar-refractivity contribution in [3.05, 3.63) is 0 Å². The lowest BCUT2D eigenvalue weighted by Crippen LogP contribution is -2.72. The maximum absolute atomic E-state index is 6.67. The van der Waals surface area contributed by atoms with Crippen LogP contribution in [0.3, 0.4) is 0 Å². The third kappa shape index (κ3) is 1.91. The Morgan fingerprint density at radius 1 is 0.545 bits per heavy atom. The van der Waals surface area contributed by atoms with Crippen molar-refractivity contribution in [2.45, 2.75) is 99.8 Å². The van der Waals surface area contributed by atoms with Gasteiger partial charge in [0.2, 0.25) is 0 Å². The Kier molecular flexibility index (Phi) is 3.69. The summed E-state index contributed by atoms with van der Waals surface area (Å²) in [5.41, 5.74) is 0.578. The van der Waals surface area contributed by atoms with Crippen molar-refractivity contribution in [1.29, 1.82) is 0 Å². The summed E-state index contributed by atoms with van der Waals surface area (Å²) in [5, 5.41) is 0. The topological polar surface area (TPSA) is 18.5 Å². The van der Waals surface area contributed by atoms with Gasteiger partial charge in [0.05, 0.1) is 11.2 Å². The molecule has 2 aliphatic rings. The van der Waals surface area contributed by atoms with Crippen molar-refractivity contribution < 1.29 is 8.85 Å². The lowest BCUT2D eigenvalue weighted by Gasteiger charge is -2.70. The quantitative estimate of drug-likeness (QED) is 0.542. The van der Waals surface area contributed by atoms with Crippen LogP contribution in [0, 0.1) is 21.7 Å². The van der Waals surface area contributed by atoms with Crippen LogP contribution in [0.2, 0.25) is 5.54 Å². The molecule has 2 nitrogen and oxygen atoms in total. The molecule has 0 saturated carbocycles. The van der Waals surface area contributed by atoms with Gasteiger partial charge in [0.25, 0.3) is 0 Å². The minimum atomic E-state index is -1.36. The number of hydrogen-bond acceptors (Lipinski definition) is 2. The third-order valence-corrected chi connectivity index (χ3v) is 12.0. The summed E-state index contributed by atoms with van der Waals surface area (Å²) in [4.78, 5) is 0. The van der Waals surface area contributed by atoms with E-state index >= 15 is 0 Å². The SMILES string of the molecule is CC1(C)O[Si]2OC(C)(C)C(C)(C)C(C)(C)C2C(C)(C)C1(C)C. The molecule has 0 aromatic heterocycles. The Balaban J connectivity index is 2.65. The highest BCUT2D eigenvalue weighted by Crippen LogP contribution is 2.71. The second-order valence-electron chi connectivity index (χ2n) is 10.7. The Labute approximate surface area is 140 Å². The van der Waals surface area contributed by atoms with Gasteiger partial charge in [-0.3, -0.25) is 0 Å². The van der Waals surface area contributed by atoms with E-state index in [0.717, 1.165) is 0 Å². The molecule has 0 atom stereocenters. The number of rotatable bonds is 0. The van der Waals surface area contributed by atoms with Gasteiger partial charge in [0.1, 0.15) is 0 Å². The van der Waals surface area contributed by atoms with Crippen LogP contribution in [0.5, 0.6) is 0 Å². The first-order chi connectivity index (χ1) is 9.43. The predicted octanol–water partition coefficient (Wildman–Crippen LogP) is 5.57. The van der Waals surface area contributed by atoms with Crippen LogP contribution >= 0.6 is 0 Å². The molecule has 3 heteroatoms. The van der Waals surface area contributed by atoms with Crippen molar-refractivity contribution in [3.63, 3.8) is 0 Å². The molecule has 2 fully saturated rings. The Bertz CT molecular complexity index is 430. The average Bonchev–Trinajstić information content (AvgIpc) is 2.22. The summed E-state index contributed by atoms with van der Waals surface area (Å²) in [6, 6.07) is 0. The van der Waals surface area contributed by atoms with E-state index in [1.54, 1.807) is 0 Å². The summed E-state index contributed by atoms with van der Waals surface area (Å²) in [7, 11) is -1.36. The van der Waals surface area contributed by atoms with Gasteiger partial charge in [-0.15, -0.1) is 0 Å². The maximum atomic E-state index is 6.67. The lowest BCUT2D eigenvalue weighted by atomic mass is 9.49. The van der Waals surface area contributed by atoms with Crippen LogP contribution in [0.15, 0.2) is 0 Å². The van der Waals surface area contributed by atoms with Crippen LogP contribution in [0.4, 0.5) is 0 Å². The molecule has 0 bridgehead atoms. The molecule has 0 spiro atoms. The second-order valence-corrected chi connectivity index (χ2v) is 12.3. The zero-order valence-electron chi connectivity index (χ0n) is 16.9. The highest BCUT2D eigenvalue weighted by molar-refractivity contribution is 6.48. The van der Waals surface area contributed by atoms with E-state index in [2.05, 4.69) is 83.1 Å². The first-order valence-corrected chi connectivity index (χ1v) is 10.1. The van der Waals surface area contributed by atoms with Crippen LogP contribution in [-0.4, -0.2) is 20.5 Å². The molecule has 0 aromatic carbocycles. The first kappa shape index (κ1) is 18.5. The Hall–Kier alpha value is 0.137. The molecule has 0 N–H and O–H groups in total. The fourth-order valence-corrected chi connectivity index (χ4v) is 8.36. The minimum absolute atomic E-state index is 0.0804. The van der Waals surface area contributed by atoms with Gasteiger partial charge in [-0.2, -0.15) is 0 Å². The molecule has 2 saturated heterocycles. The van der Waals surface area contributed by atoms with Gasteiger partial charge < -0.3 is 8.85 Å². The van der Waals surface area contributed by atoms with Crippen LogP contribution in [-0.2, 0) is 8.85 Å². The van der Waals surface area contributed by atoms with Gasteiger partial charge >= 0.3 is 9.28 Å². The van der Waals surface area contributed by atoms with Crippen molar-refractivity contribution in [2.75, 3.05) is 0 Å². The zero-order valence-corrected chi connectivity index (χ0v) is 17.9. The normalized spacial score (nSPS) is 34.9. The number of hydrogen-bond donors (Lipinski definition) is 0. The Morgan fingerprint density at radius 2 is 0.818 bits per heavy atom. The van der Waals surface area contributed by atoms with Gasteiger partial charge in [0, 0.05) is 5.54 Å². The highest BCUT2D eigenvalue weighted by Gasteiger charge is 2.71. The Morgan fingerprint density at radius 3 is 1.09 bits per heavy atom. The molecular weight excluding hydrogens is 288 g/mol. The predicted molar refractivity (Wildman–Crippen MR) is 95.0 cm³/mol. The molecule has 2 heterocycles. The van der Waals surface area contributed by atoms with Crippen molar-refractivity contribution >= 4 is 9.28 Å². The molecule has 2 aliphatic heterocycles. The van der Waals surface area contributed by atoms with Gasteiger partial charge in [-0.25, -0.2) is 0 Å². The van der Waals surface area contributed by atoms with Crippen molar-refractivity contribution in [2.24, 2.45) is 21.7 Å². The van der Waals surface area contributed by atoms with Crippen molar-refractivity contribution in [3.8, 4) is 0 Å². The van der Waals surface area contributed by atoms with E-state index < -0.39 is 9.28 Å². The second kappa shape index (κ2) is 4.40. The third-order valence-electron chi connectivity index (χ3n) is 8.62. The maximum Gasteiger partial charge on any atom is 0.390 e. The van der Waals surface area contributed by atoms with Crippen LogP contribution in [0.1, 0.15) is 83.1 Å². The molecule has 22 heavy (non-hydrogen) atoms. The summed E-state index contributed by atoms with van der Waals surface area (Å²) in [6.07, 6.45) is 0. The molecule has 0 aromatic rings. The van der Waals surface area contributed by atoms with Gasteiger partial charge in [-0.05, 0) is 49.4 Å². The van der Waals surface area contributed by atoms with E-state index in [1.165, 1.54) is 0 Å². The highest BCUT2D eigenvalue weighted by atomic mass is 28.3. The summed E-state index contributed by atoms with van der Waals surface area (Å²) >= 11 is 0. The fraction of sp³-hybridized carbons (Fsp3) is 1.00. The molecule has 1 radical (unpaired) electrons. The largest absolute Gasteiger partial charge is 0.390 e.